The Balaban J connectivity index is 3.32. The molecule has 1 aromatic carbocycles. The Morgan fingerprint density at radius 1 is 1.32 bits per heavy atom. The topological polar surface area (TPSA) is 38.4 Å². The molecule has 0 unspecified atom stereocenters. The molecule has 0 aromatic heterocycles. The molecule has 0 heterocycles. The molecular formula is C19H20F4N2. The maximum absolute atomic E-state index is 13.9. The lowest BCUT2D eigenvalue weighted by atomic mass is 10.0. The third-order valence-corrected chi connectivity index (χ3v) is 3.45. The van der Waals surface area contributed by atoms with Crippen LogP contribution in [0, 0.1) is 5.82 Å². The number of aliphatic imine (C=N–C) groups is 1. The van der Waals surface area contributed by atoms with E-state index in [0.717, 1.165) is 17.7 Å². The van der Waals surface area contributed by atoms with Crippen molar-refractivity contribution in [3.63, 3.8) is 0 Å². The van der Waals surface area contributed by atoms with Crippen LogP contribution in [0.2, 0.25) is 0 Å². The molecule has 2 N–H and O–H groups in total. The Morgan fingerprint density at radius 3 is 2.44 bits per heavy atom. The van der Waals surface area contributed by atoms with Crippen molar-refractivity contribution >= 4 is 5.84 Å². The van der Waals surface area contributed by atoms with Crippen LogP contribution < -0.4 is 5.73 Å². The van der Waals surface area contributed by atoms with Gasteiger partial charge in [-0.25, -0.2) is 9.38 Å². The molecular weight excluding hydrogens is 332 g/mol. The summed E-state index contributed by atoms with van der Waals surface area (Å²) in [5.41, 5.74) is 5.24. The highest BCUT2D eigenvalue weighted by molar-refractivity contribution is 5.98. The van der Waals surface area contributed by atoms with Gasteiger partial charge in [-0.15, -0.1) is 0 Å². The molecule has 134 valence electrons. The van der Waals surface area contributed by atoms with Crippen molar-refractivity contribution in [2.75, 3.05) is 0 Å². The first-order valence-corrected chi connectivity index (χ1v) is 7.54. The van der Waals surface area contributed by atoms with E-state index < -0.39 is 17.6 Å². The van der Waals surface area contributed by atoms with E-state index in [1.54, 1.807) is 6.07 Å². The minimum atomic E-state index is -4.61. The summed E-state index contributed by atoms with van der Waals surface area (Å²) in [5.74, 6) is -0.844. The minimum Gasteiger partial charge on any atom is -0.383 e. The van der Waals surface area contributed by atoms with Gasteiger partial charge in [0.1, 0.15) is 11.7 Å². The van der Waals surface area contributed by atoms with Crippen LogP contribution in [0.5, 0.6) is 0 Å². The highest BCUT2D eigenvalue weighted by Gasteiger charge is 2.36. The van der Waals surface area contributed by atoms with E-state index in [1.807, 2.05) is 6.92 Å². The summed E-state index contributed by atoms with van der Waals surface area (Å²) in [5, 5.41) is 0. The van der Waals surface area contributed by atoms with E-state index in [0.29, 0.717) is 6.42 Å². The molecule has 0 radical (unpaired) electrons. The molecule has 0 aliphatic rings. The van der Waals surface area contributed by atoms with Gasteiger partial charge in [-0.1, -0.05) is 38.3 Å². The SMILES string of the molecule is C=C/C=C(\C(=C/C)C(=C)N=C(N)c1cc(CC)ccc1F)C(F)(F)F. The Labute approximate surface area is 144 Å². The summed E-state index contributed by atoms with van der Waals surface area (Å²) < 4.78 is 53.5. The number of allylic oxidation sites excluding steroid dienone is 4. The molecule has 6 heteroatoms. The number of amidine groups is 1. The Kier molecular flexibility index (Phi) is 6.91. The number of aryl methyl sites for hydroxylation is 1. The summed E-state index contributed by atoms with van der Waals surface area (Å²) >= 11 is 0. The lowest BCUT2D eigenvalue weighted by Crippen LogP contribution is -2.18. The van der Waals surface area contributed by atoms with E-state index in [9.17, 15) is 17.6 Å². The molecule has 0 amide bonds. The number of hydrogen-bond acceptors (Lipinski definition) is 1. The smallest absolute Gasteiger partial charge is 0.383 e. The first-order valence-electron chi connectivity index (χ1n) is 7.54. The molecule has 1 rings (SSSR count). The molecule has 25 heavy (non-hydrogen) atoms. The van der Waals surface area contributed by atoms with Gasteiger partial charge < -0.3 is 5.73 Å². The fourth-order valence-corrected chi connectivity index (χ4v) is 2.19. The minimum absolute atomic E-state index is 0.0252. The maximum Gasteiger partial charge on any atom is 0.417 e. The van der Waals surface area contributed by atoms with Gasteiger partial charge in [0.15, 0.2) is 0 Å². The Hall–Kier alpha value is -2.63. The van der Waals surface area contributed by atoms with Crippen LogP contribution in [0.25, 0.3) is 0 Å². The maximum atomic E-state index is 13.9. The standard InChI is InChI=1S/C19H20F4N2/c1-5-8-16(19(21,22)23)14(7-3)12(4)25-18(24)15-11-13(6-2)9-10-17(15)20/h5,7-11H,1,4,6H2,2-3H3,(H2,24,25)/b14-7-,16-8+. The van der Waals surface area contributed by atoms with E-state index in [-0.39, 0.29) is 22.7 Å². The average molecular weight is 352 g/mol. The van der Waals surface area contributed by atoms with Crippen molar-refractivity contribution < 1.29 is 17.6 Å². The lowest BCUT2D eigenvalue weighted by molar-refractivity contribution is -0.0891. The van der Waals surface area contributed by atoms with E-state index >= 15 is 0 Å². The zero-order chi connectivity index (χ0) is 19.2. The number of alkyl halides is 3. The van der Waals surface area contributed by atoms with Gasteiger partial charge in [-0.3, -0.25) is 0 Å². The van der Waals surface area contributed by atoms with Crippen LogP contribution in [0.3, 0.4) is 0 Å². The van der Waals surface area contributed by atoms with Gasteiger partial charge in [0.05, 0.1) is 16.8 Å². The van der Waals surface area contributed by atoms with Crippen LogP contribution in [0.1, 0.15) is 25.0 Å². The zero-order valence-electron chi connectivity index (χ0n) is 14.1. The second-order valence-corrected chi connectivity index (χ2v) is 5.13. The van der Waals surface area contributed by atoms with Gasteiger partial charge >= 0.3 is 6.18 Å². The predicted octanol–water partition coefficient (Wildman–Crippen LogP) is 5.23. The van der Waals surface area contributed by atoms with Crippen LogP contribution in [0.4, 0.5) is 17.6 Å². The summed E-state index contributed by atoms with van der Waals surface area (Å²) in [7, 11) is 0. The van der Waals surface area contributed by atoms with Gasteiger partial charge in [0.25, 0.3) is 0 Å². The number of halogens is 4. The fraction of sp³-hybridized carbons (Fsp3) is 0.211. The molecule has 0 bridgehead atoms. The third-order valence-electron chi connectivity index (χ3n) is 3.45. The van der Waals surface area contributed by atoms with Gasteiger partial charge in [0, 0.05) is 5.57 Å². The summed E-state index contributed by atoms with van der Waals surface area (Å²) in [6.45, 7) is 10.1. The van der Waals surface area contributed by atoms with Crippen molar-refractivity contribution in [2.24, 2.45) is 10.7 Å². The lowest BCUT2D eigenvalue weighted by Gasteiger charge is -2.15. The van der Waals surface area contributed by atoms with Gasteiger partial charge in [-0.05, 0) is 37.1 Å². The largest absolute Gasteiger partial charge is 0.417 e. The number of nitrogens with zero attached hydrogens (tertiary/aromatic N) is 1. The highest BCUT2D eigenvalue weighted by atomic mass is 19.4. The summed E-state index contributed by atoms with van der Waals surface area (Å²) in [4.78, 5) is 3.89. The molecule has 2 nitrogen and oxygen atoms in total. The first-order chi connectivity index (χ1) is 11.6. The highest BCUT2D eigenvalue weighted by Crippen LogP contribution is 2.34. The molecule has 0 fully saturated rings. The summed E-state index contributed by atoms with van der Waals surface area (Å²) in [6.07, 6.45) is -0.888. The molecule has 0 atom stereocenters. The van der Waals surface area contributed by atoms with Crippen LogP contribution in [-0.2, 0) is 6.42 Å². The van der Waals surface area contributed by atoms with E-state index in [1.165, 1.54) is 25.1 Å². The van der Waals surface area contributed by atoms with Crippen molar-refractivity contribution in [1.29, 1.82) is 0 Å². The normalized spacial score (nSPS) is 13.8. The average Bonchev–Trinajstić information content (AvgIpc) is 2.54. The van der Waals surface area contributed by atoms with Crippen LogP contribution in [-0.4, -0.2) is 12.0 Å². The van der Waals surface area contributed by atoms with E-state index in [2.05, 4.69) is 18.2 Å². The van der Waals surface area contributed by atoms with Gasteiger partial charge in [-0.2, -0.15) is 13.2 Å². The monoisotopic (exact) mass is 352 g/mol. The zero-order valence-corrected chi connectivity index (χ0v) is 14.1. The number of nitrogens with two attached hydrogens (primary N) is 1. The van der Waals surface area contributed by atoms with Crippen molar-refractivity contribution in [3.8, 4) is 0 Å². The second kappa shape index (κ2) is 8.46. The quantitative estimate of drug-likeness (QED) is 0.324. The first kappa shape index (κ1) is 20.4. The molecule has 0 spiro atoms. The van der Waals surface area contributed by atoms with Gasteiger partial charge in [0.2, 0.25) is 0 Å². The second-order valence-electron chi connectivity index (χ2n) is 5.13. The molecule has 0 aliphatic carbocycles. The van der Waals surface area contributed by atoms with Crippen molar-refractivity contribution in [1.82, 2.24) is 0 Å². The Bertz CT molecular complexity index is 753. The molecule has 0 aliphatic heterocycles. The van der Waals surface area contributed by atoms with E-state index in [4.69, 9.17) is 5.73 Å². The number of rotatable bonds is 6. The predicted molar refractivity (Wildman–Crippen MR) is 93.7 cm³/mol. The molecule has 0 saturated heterocycles. The molecule has 1 aromatic rings. The van der Waals surface area contributed by atoms with Crippen molar-refractivity contribution in [3.05, 3.63) is 83.4 Å². The molecule has 0 saturated carbocycles. The van der Waals surface area contributed by atoms with Crippen LogP contribution >= 0.6 is 0 Å². The Morgan fingerprint density at radius 2 is 1.96 bits per heavy atom. The number of hydrogen-bond donors (Lipinski definition) is 1. The third kappa shape index (κ3) is 5.17. The van der Waals surface area contributed by atoms with Crippen LogP contribution in [0.15, 0.2) is 71.4 Å². The fourth-order valence-electron chi connectivity index (χ4n) is 2.19. The van der Waals surface area contributed by atoms with Crippen molar-refractivity contribution in [2.45, 2.75) is 26.4 Å². The number of benzene rings is 1. The summed E-state index contributed by atoms with van der Waals surface area (Å²) in [6, 6.07) is 4.36.